The number of methoxy groups -OCH3 is 1. The lowest BCUT2D eigenvalue weighted by Crippen LogP contribution is -2.39. The number of amides is 2. The molecule has 0 radical (unpaired) electrons. The van der Waals surface area contributed by atoms with E-state index >= 15 is 0 Å². The molecule has 2 amide bonds. The zero-order chi connectivity index (χ0) is 22.4. The van der Waals surface area contributed by atoms with Crippen LogP contribution in [0, 0.1) is 0 Å². The fraction of sp³-hybridized carbons (Fsp3) is 0.280. The minimum absolute atomic E-state index is 0.117. The summed E-state index contributed by atoms with van der Waals surface area (Å²) in [7, 11) is 3.27. The first-order chi connectivity index (χ1) is 14.9. The van der Waals surface area contributed by atoms with Crippen molar-refractivity contribution in [1.82, 2.24) is 4.90 Å². The molecule has 0 bridgehead atoms. The first kappa shape index (κ1) is 22.6. The number of nitrogens with one attached hydrogen (secondary N) is 1. The van der Waals surface area contributed by atoms with Crippen LogP contribution >= 0.6 is 11.3 Å². The van der Waals surface area contributed by atoms with Crippen molar-refractivity contribution in [2.75, 3.05) is 19.5 Å². The Morgan fingerprint density at radius 3 is 2.19 bits per heavy atom. The highest BCUT2D eigenvalue weighted by Crippen LogP contribution is 2.26. The number of carbonyl (C=O) groups excluding carboxylic acids is 2. The Morgan fingerprint density at radius 2 is 1.65 bits per heavy atom. The Morgan fingerprint density at radius 1 is 1.00 bits per heavy atom. The molecule has 0 aliphatic rings. The lowest BCUT2D eigenvalue weighted by molar-refractivity contribution is -0.136. The summed E-state index contributed by atoms with van der Waals surface area (Å²) < 4.78 is 5.23. The van der Waals surface area contributed by atoms with E-state index in [1.165, 1.54) is 21.8 Å². The summed E-state index contributed by atoms with van der Waals surface area (Å²) in [4.78, 5) is 28.7. The van der Waals surface area contributed by atoms with Crippen molar-refractivity contribution in [1.29, 1.82) is 0 Å². The van der Waals surface area contributed by atoms with E-state index in [1.807, 2.05) is 53.9 Å². The van der Waals surface area contributed by atoms with Gasteiger partial charge in [0.05, 0.1) is 13.5 Å². The maximum Gasteiger partial charge on any atom is 0.251 e. The number of hydrogen-bond acceptors (Lipinski definition) is 4. The Bertz CT molecular complexity index is 996. The van der Waals surface area contributed by atoms with Gasteiger partial charge in [-0.1, -0.05) is 44.2 Å². The van der Waals surface area contributed by atoms with Gasteiger partial charge in [-0.15, -0.1) is 11.3 Å². The highest BCUT2D eigenvalue weighted by atomic mass is 32.1. The molecule has 1 heterocycles. The van der Waals surface area contributed by atoms with Gasteiger partial charge >= 0.3 is 0 Å². The Labute approximate surface area is 187 Å². The second-order valence-corrected chi connectivity index (χ2v) is 8.73. The summed E-state index contributed by atoms with van der Waals surface area (Å²) in [6.45, 7) is 4.25. The van der Waals surface area contributed by atoms with Crippen molar-refractivity contribution < 1.29 is 14.3 Å². The standard InChI is InChI=1S/C25H28N2O3S/c1-17(2)18-7-11-20(12-8-18)26-25(29)24(19-9-13-21(30-4)14-10-19)27(3)23(28)16-22-6-5-15-31-22/h5-15,17,24H,16H2,1-4H3,(H,26,29)/t24-/m0/s1. The quantitative estimate of drug-likeness (QED) is 0.524. The zero-order valence-corrected chi connectivity index (χ0v) is 19.1. The molecule has 0 aliphatic heterocycles. The van der Waals surface area contributed by atoms with Crippen LogP contribution in [0.3, 0.4) is 0 Å². The minimum atomic E-state index is -0.761. The largest absolute Gasteiger partial charge is 0.497 e. The van der Waals surface area contributed by atoms with Crippen LogP contribution < -0.4 is 10.1 Å². The Hall–Kier alpha value is -3.12. The third-order valence-corrected chi connectivity index (χ3v) is 6.09. The number of ether oxygens (including phenoxy) is 1. The number of rotatable bonds is 8. The number of benzene rings is 2. The first-order valence-electron chi connectivity index (χ1n) is 10.2. The van der Waals surface area contributed by atoms with Crippen molar-refractivity contribution >= 4 is 28.8 Å². The molecular formula is C25H28N2O3S. The lowest BCUT2D eigenvalue weighted by atomic mass is 10.0. The monoisotopic (exact) mass is 436 g/mol. The van der Waals surface area contributed by atoms with Crippen LogP contribution in [0.25, 0.3) is 0 Å². The normalized spacial score (nSPS) is 11.8. The van der Waals surface area contributed by atoms with E-state index in [-0.39, 0.29) is 18.2 Å². The van der Waals surface area contributed by atoms with Gasteiger partial charge in [0.2, 0.25) is 5.91 Å². The highest BCUT2D eigenvalue weighted by molar-refractivity contribution is 7.10. The van der Waals surface area contributed by atoms with Gasteiger partial charge in [0.25, 0.3) is 5.91 Å². The third-order valence-electron chi connectivity index (χ3n) is 5.21. The van der Waals surface area contributed by atoms with E-state index in [4.69, 9.17) is 4.74 Å². The van der Waals surface area contributed by atoms with E-state index in [0.717, 1.165) is 10.4 Å². The van der Waals surface area contributed by atoms with E-state index in [0.29, 0.717) is 17.4 Å². The average molecular weight is 437 g/mol. The van der Waals surface area contributed by atoms with Crippen molar-refractivity contribution in [3.8, 4) is 5.75 Å². The fourth-order valence-corrected chi connectivity index (χ4v) is 4.03. The lowest BCUT2D eigenvalue weighted by Gasteiger charge is -2.28. The molecule has 0 unspecified atom stereocenters. The molecule has 6 heteroatoms. The van der Waals surface area contributed by atoms with Gasteiger partial charge in [0, 0.05) is 17.6 Å². The second kappa shape index (κ2) is 10.3. The molecule has 3 rings (SSSR count). The molecule has 1 aromatic heterocycles. The molecule has 0 saturated carbocycles. The summed E-state index contributed by atoms with van der Waals surface area (Å²) in [5.41, 5.74) is 2.62. The molecule has 0 aliphatic carbocycles. The van der Waals surface area contributed by atoms with E-state index in [1.54, 1.807) is 26.3 Å². The summed E-state index contributed by atoms with van der Waals surface area (Å²) in [6.07, 6.45) is 0.261. The Kier molecular flexibility index (Phi) is 7.47. The predicted octanol–water partition coefficient (Wildman–Crippen LogP) is 5.26. The second-order valence-electron chi connectivity index (χ2n) is 7.70. The summed E-state index contributed by atoms with van der Waals surface area (Å²) in [5.74, 6) is 0.732. The minimum Gasteiger partial charge on any atom is -0.497 e. The van der Waals surface area contributed by atoms with Gasteiger partial charge < -0.3 is 15.0 Å². The van der Waals surface area contributed by atoms with E-state index < -0.39 is 6.04 Å². The van der Waals surface area contributed by atoms with Gasteiger partial charge in [-0.25, -0.2) is 0 Å². The van der Waals surface area contributed by atoms with Crippen LogP contribution in [-0.4, -0.2) is 30.9 Å². The number of thiophene rings is 1. The Balaban J connectivity index is 1.84. The van der Waals surface area contributed by atoms with Crippen molar-refractivity contribution in [2.24, 2.45) is 0 Å². The maximum absolute atomic E-state index is 13.3. The maximum atomic E-state index is 13.3. The van der Waals surface area contributed by atoms with Crippen LogP contribution in [0.4, 0.5) is 5.69 Å². The molecule has 162 valence electrons. The van der Waals surface area contributed by atoms with Crippen LogP contribution in [-0.2, 0) is 16.0 Å². The summed E-state index contributed by atoms with van der Waals surface area (Å²) >= 11 is 1.53. The van der Waals surface area contributed by atoms with Gasteiger partial charge in [-0.2, -0.15) is 0 Å². The van der Waals surface area contributed by atoms with E-state index in [9.17, 15) is 9.59 Å². The number of anilines is 1. The molecular weight excluding hydrogens is 408 g/mol. The topological polar surface area (TPSA) is 58.6 Å². The van der Waals surface area contributed by atoms with E-state index in [2.05, 4.69) is 19.2 Å². The highest BCUT2D eigenvalue weighted by Gasteiger charge is 2.29. The van der Waals surface area contributed by atoms with Crippen LogP contribution in [0.5, 0.6) is 5.75 Å². The van der Waals surface area contributed by atoms with Crippen molar-refractivity contribution in [2.45, 2.75) is 32.2 Å². The van der Waals surface area contributed by atoms with Crippen LogP contribution in [0.1, 0.15) is 41.8 Å². The molecule has 0 fully saturated rings. The summed E-state index contributed by atoms with van der Waals surface area (Å²) in [5, 5.41) is 4.91. The molecule has 2 aromatic carbocycles. The van der Waals surface area contributed by atoms with Gasteiger partial charge in [-0.05, 0) is 52.8 Å². The molecule has 0 saturated heterocycles. The molecule has 5 nitrogen and oxygen atoms in total. The summed E-state index contributed by atoms with van der Waals surface area (Å²) in [6, 6.07) is 18.1. The number of hydrogen-bond donors (Lipinski definition) is 1. The SMILES string of the molecule is COc1ccc([C@@H](C(=O)Nc2ccc(C(C)C)cc2)N(C)C(=O)Cc2cccs2)cc1. The smallest absolute Gasteiger partial charge is 0.251 e. The van der Waals surface area contributed by atoms with Crippen LogP contribution in [0.2, 0.25) is 0 Å². The molecule has 31 heavy (non-hydrogen) atoms. The van der Waals surface area contributed by atoms with Gasteiger partial charge in [-0.3, -0.25) is 9.59 Å². The average Bonchev–Trinajstić information content (AvgIpc) is 3.27. The number of carbonyl (C=O) groups is 2. The number of likely N-dealkylation sites (N-methyl/N-ethyl adjacent to an activating group) is 1. The molecule has 1 N–H and O–H groups in total. The van der Waals surface area contributed by atoms with Gasteiger partial charge in [0.1, 0.15) is 11.8 Å². The molecule has 1 atom stereocenters. The van der Waals surface area contributed by atoms with Gasteiger partial charge in [0.15, 0.2) is 0 Å². The predicted molar refractivity (Wildman–Crippen MR) is 126 cm³/mol. The molecule has 0 spiro atoms. The molecule has 3 aromatic rings. The number of nitrogens with zero attached hydrogens (tertiary/aromatic N) is 1. The van der Waals surface area contributed by atoms with Crippen LogP contribution in [0.15, 0.2) is 66.0 Å². The zero-order valence-electron chi connectivity index (χ0n) is 18.3. The van der Waals surface area contributed by atoms with Crippen molar-refractivity contribution in [3.63, 3.8) is 0 Å². The third kappa shape index (κ3) is 5.73. The fourth-order valence-electron chi connectivity index (χ4n) is 3.33. The van der Waals surface area contributed by atoms with Crippen molar-refractivity contribution in [3.05, 3.63) is 82.0 Å². The first-order valence-corrected chi connectivity index (χ1v) is 11.1.